The summed E-state index contributed by atoms with van der Waals surface area (Å²) in [5.41, 5.74) is 0. The van der Waals surface area contributed by atoms with Gasteiger partial charge in [0.25, 0.3) is 0 Å². The Bertz CT molecular complexity index is 517. The van der Waals surface area contributed by atoms with Gasteiger partial charge in [0.2, 0.25) is 16.0 Å². The van der Waals surface area contributed by atoms with Crippen molar-refractivity contribution in [2.75, 3.05) is 38.7 Å². The van der Waals surface area contributed by atoms with E-state index in [0.717, 1.165) is 0 Å². The molecule has 1 heterocycles. The molecule has 0 aliphatic heterocycles. The van der Waals surface area contributed by atoms with Crippen LogP contribution in [-0.2, 0) is 14.8 Å². The molecule has 0 radical (unpaired) electrons. The lowest BCUT2D eigenvalue weighted by molar-refractivity contribution is 0.175. The zero-order chi connectivity index (χ0) is 15.9. The van der Waals surface area contributed by atoms with Crippen LogP contribution in [0.2, 0.25) is 0 Å². The van der Waals surface area contributed by atoms with Crippen LogP contribution < -0.4 is 5.32 Å². The molecule has 1 aromatic heterocycles. The first-order valence-corrected chi connectivity index (χ1v) is 8.40. The second-order valence-electron chi connectivity index (χ2n) is 5.02. The number of nitrogens with one attached hydrogen (secondary N) is 1. The van der Waals surface area contributed by atoms with Crippen molar-refractivity contribution in [2.24, 2.45) is 5.92 Å². The van der Waals surface area contributed by atoms with E-state index < -0.39 is 10.0 Å². The van der Waals surface area contributed by atoms with Crippen LogP contribution in [0.4, 0.5) is 5.95 Å². The zero-order valence-electron chi connectivity index (χ0n) is 13.0. The number of hydrogen-bond donors (Lipinski definition) is 1. The summed E-state index contributed by atoms with van der Waals surface area (Å²) in [6.45, 7) is 7.64. The summed E-state index contributed by atoms with van der Waals surface area (Å²) in [6.07, 6.45) is 2.67. The van der Waals surface area contributed by atoms with Crippen molar-refractivity contribution in [3.63, 3.8) is 0 Å². The molecule has 1 rings (SSSR count). The molecule has 0 aliphatic carbocycles. The molecule has 21 heavy (non-hydrogen) atoms. The van der Waals surface area contributed by atoms with Crippen LogP contribution in [0.5, 0.6) is 0 Å². The molecular formula is C13H24N4O3S. The van der Waals surface area contributed by atoms with Gasteiger partial charge in [0.15, 0.2) is 0 Å². The van der Waals surface area contributed by atoms with Gasteiger partial charge in [0.1, 0.15) is 4.90 Å². The Morgan fingerprint density at radius 3 is 2.43 bits per heavy atom. The predicted octanol–water partition coefficient (Wildman–Crippen LogP) is 1.20. The maximum Gasteiger partial charge on any atom is 0.246 e. The largest absolute Gasteiger partial charge is 0.383 e. The van der Waals surface area contributed by atoms with E-state index in [-0.39, 0.29) is 10.8 Å². The summed E-state index contributed by atoms with van der Waals surface area (Å²) >= 11 is 0. The standard InChI is InChI=1S/C13H24N4O3S/c1-5-14-13-15-8-12(9-16-13)21(18,19)17(6-7-20-4)10-11(2)3/h8-9,11H,5-7,10H2,1-4H3,(H,14,15,16). The van der Waals surface area contributed by atoms with E-state index in [2.05, 4.69) is 15.3 Å². The average molecular weight is 316 g/mol. The van der Waals surface area contributed by atoms with Gasteiger partial charge in [0.05, 0.1) is 19.0 Å². The van der Waals surface area contributed by atoms with Crippen LogP contribution in [0.1, 0.15) is 20.8 Å². The molecule has 0 fully saturated rings. The molecule has 1 aromatic rings. The minimum Gasteiger partial charge on any atom is -0.383 e. The maximum absolute atomic E-state index is 12.6. The molecule has 0 aromatic carbocycles. The highest BCUT2D eigenvalue weighted by atomic mass is 32.2. The molecule has 120 valence electrons. The molecule has 0 amide bonds. The summed E-state index contributed by atoms with van der Waals surface area (Å²) in [7, 11) is -2.05. The normalized spacial score (nSPS) is 12.1. The molecule has 0 aliphatic rings. The van der Waals surface area contributed by atoms with Crippen molar-refractivity contribution < 1.29 is 13.2 Å². The smallest absolute Gasteiger partial charge is 0.246 e. The number of rotatable bonds is 9. The molecule has 0 spiro atoms. The second kappa shape index (κ2) is 8.26. The average Bonchev–Trinajstić information content (AvgIpc) is 2.44. The van der Waals surface area contributed by atoms with Gasteiger partial charge in [-0.1, -0.05) is 13.8 Å². The van der Waals surface area contributed by atoms with Gasteiger partial charge in [-0.3, -0.25) is 0 Å². The van der Waals surface area contributed by atoms with E-state index in [9.17, 15) is 8.42 Å². The Kier molecular flexibility index (Phi) is 7.00. The summed E-state index contributed by atoms with van der Waals surface area (Å²) in [5, 5.41) is 2.93. The van der Waals surface area contributed by atoms with Gasteiger partial charge in [-0.25, -0.2) is 18.4 Å². The fraction of sp³-hybridized carbons (Fsp3) is 0.692. The lowest BCUT2D eigenvalue weighted by Gasteiger charge is -2.23. The quantitative estimate of drug-likeness (QED) is 0.737. The fourth-order valence-electron chi connectivity index (χ4n) is 1.76. The van der Waals surface area contributed by atoms with Gasteiger partial charge in [0, 0.05) is 26.7 Å². The highest BCUT2D eigenvalue weighted by Crippen LogP contribution is 2.16. The number of aromatic nitrogens is 2. The first-order valence-electron chi connectivity index (χ1n) is 6.96. The van der Waals surface area contributed by atoms with E-state index in [1.165, 1.54) is 16.7 Å². The van der Waals surface area contributed by atoms with Crippen molar-refractivity contribution >= 4 is 16.0 Å². The molecule has 1 N–H and O–H groups in total. The molecule has 0 saturated carbocycles. The summed E-state index contributed by atoms with van der Waals surface area (Å²) in [6, 6.07) is 0. The van der Waals surface area contributed by atoms with E-state index in [0.29, 0.717) is 32.2 Å². The molecule has 0 bridgehead atoms. The molecule has 7 nitrogen and oxygen atoms in total. The molecule has 8 heteroatoms. The van der Waals surface area contributed by atoms with E-state index in [4.69, 9.17) is 4.74 Å². The predicted molar refractivity (Wildman–Crippen MR) is 81.7 cm³/mol. The highest BCUT2D eigenvalue weighted by molar-refractivity contribution is 7.89. The number of hydrogen-bond acceptors (Lipinski definition) is 6. The van der Waals surface area contributed by atoms with E-state index in [1.54, 1.807) is 7.11 Å². The van der Waals surface area contributed by atoms with E-state index >= 15 is 0 Å². The minimum absolute atomic E-state index is 0.0981. The van der Waals surface area contributed by atoms with Gasteiger partial charge in [-0.05, 0) is 12.8 Å². The summed E-state index contributed by atoms with van der Waals surface area (Å²) in [4.78, 5) is 8.13. The monoisotopic (exact) mass is 316 g/mol. The number of nitrogens with zero attached hydrogens (tertiary/aromatic N) is 3. The van der Waals surface area contributed by atoms with Crippen LogP contribution >= 0.6 is 0 Å². The van der Waals surface area contributed by atoms with Crippen molar-refractivity contribution in [3.8, 4) is 0 Å². The van der Waals surface area contributed by atoms with Crippen molar-refractivity contribution in [3.05, 3.63) is 12.4 Å². The lowest BCUT2D eigenvalue weighted by atomic mass is 10.2. The third kappa shape index (κ3) is 5.22. The van der Waals surface area contributed by atoms with Gasteiger partial charge >= 0.3 is 0 Å². The van der Waals surface area contributed by atoms with Crippen molar-refractivity contribution in [1.82, 2.24) is 14.3 Å². The fourth-order valence-corrected chi connectivity index (χ4v) is 3.24. The van der Waals surface area contributed by atoms with Crippen LogP contribution in [-0.4, -0.2) is 56.0 Å². The Morgan fingerprint density at radius 2 is 1.95 bits per heavy atom. The molecule has 0 unspecified atom stereocenters. The van der Waals surface area contributed by atoms with Crippen LogP contribution in [0.3, 0.4) is 0 Å². The molecular weight excluding hydrogens is 292 g/mol. The Labute approximate surface area is 126 Å². The van der Waals surface area contributed by atoms with Crippen LogP contribution in [0.15, 0.2) is 17.3 Å². The Balaban J connectivity index is 2.97. The molecule has 0 saturated heterocycles. The van der Waals surface area contributed by atoms with Crippen LogP contribution in [0, 0.1) is 5.92 Å². The second-order valence-corrected chi connectivity index (χ2v) is 6.96. The van der Waals surface area contributed by atoms with Gasteiger partial charge in [-0.15, -0.1) is 0 Å². The number of sulfonamides is 1. The first-order chi connectivity index (χ1) is 9.91. The molecule has 0 atom stereocenters. The van der Waals surface area contributed by atoms with Gasteiger partial charge < -0.3 is 10.1 Å². The summed E-state index contributed by atoms with van der Waals surface area (Å²) < 4.78 is 31.6. The minimum atomic E-state index is -3.60. The van der Waals surface area contributed by atoms with E-state index in [1.807, 2.05) is 20.8 Å². The topological polar surface area (TPSA) is 84.4 Å². The van der Waals surface area contributed by atoms with Crippen molar-refractivity contribution in [2.45, 2.75) is 25.7 Å². The maximum atomic E-state index is 12.6. The van der Waals surface area contributed by atoms with Gasteiger partial charge in [-0.2, -0.15) is 4.31 Å². The highest BCUT2D eigenvalue weighted by Gasteiger charge is 2.25. The SMILES string of the molecule is CCNc1ncc(S(=O)(=O)N(CCOC)CC(C)C)cn1. The Hall–Kier alpha value is -1.25. The van der Waals surface area contributed by atoms with Crippen LogP contribution in [0.25, 0.3) is 0 Å². The number of ether oxygens (including phenoxy) is 1. The lowest BCUT2D eigenvalue weighted by Crippen LogP contribution is -2.36. The first kappa shape index (κ1) is 17.8. The van der Waals surface area contributed by atoms with Crippen molar-refractivity contribution in [1.29, 1.82) is 0 Å². The Morgan fingerprint density at radius 1 is 1.33 bits per heavy atom. The zero-order valence-corrected chi connectivity index (χ0v) is 13.9. The number of anilines is 1. The number of methoxy groups -OCH3 is 1. The third-order valence-corrected chi connectivity index (χ3v) is 4.53. The third-order valence-electron chi connectivity index (χ3n) is 2.71. The summed E-state index contributed by atoms with van der Waals surface area (Å²) in [5.74, 6) is 0.641.